The number of hydrogen-bond acceptors (Lipinski definition) is 2. The molecule has 0 aliphatic carbocycles. The molecule has 0 radical (unpaired) electrons. The molecule has 0 saturated carbocycles. The second-order valence-electron chi connectivity index (χ2n) is 6.65. The number of rotatable bonds is 3. The van der Waals surface area contributed by atoms with Crippen LogP contribution < -0.4 is 0 Å². The number of benzene rings is 4. The van der Waals surface area contributed by atoms with E-state index < -0.39 is 11.6 Å². The van der Waals surface area contributed by atoms with Crippen LogP contribution in [0.15, 0.2) is 118 Å². The van der Waals surface area contributed by atoms with Crippen LogP contribution in [0.2, 0.25) is 0 Å². The molecule has 0 aromatic heterocycles. The zero-order chi connectivity index (χ0) is 24.8. The first-order chi connectivity index (χ1) is 16.5. The van der Waals surface area contributed by atoms with Gasteiger partial charge in [-0.1, -0.05) is 92.2 Å². The molecule has 0 fully saturated rings. The highest BCUT2D eigenvalue weighted by Crippen LogP contribution is 2.13. The van der Waals surface area contributed by atoms with Gasteiger partial charge in [-0.05, 0) is 60.7 Å². The molecule has 0 saturated heterocycles. The zero-order valence-corrected chi connectivity index (χ0v) is 25.2. The summed E-state index contributed by atoms with van der Waals surface area (Å²) in [5.41, 5.74) is 2.89. The summed E-state index contributed by atoms with van der Waals surface area (Å²) in [6.45, 7) is 0. The Morgan fingerprint density at radius 3 is 1.32 bits per heavy atom. The number of Topliss-reactive ketones (excluding diaryl/α,β-unsaturated/α-hetero) is 2. The average molecular weight is 800 g/mol. The Morgan fingerprint density at radius 2 is 0.853 bits per heavy atom. The summed E-state index contributed by atoms with van der Waals surface area (Å²) < 4.78 is 1.95. The van der Waals surface area contributed by atoms with E-state index in [2.05, 4.69) is 80.9 Å². The van der Waals surface area contributed by atoms with Crippen molar-refractivity contribution in [3.05, 3.63) is 140 Å². The van der Waals surface area contributed by atoms with Crippen molar-refractivity contribution in [1.82, 2.24) is 0 Å². The van der Waals surface area contributed by atoms with Gasteiger partial charge in [-0.15, -0.1) is 0 Å². The van der Waals surface area contributed by atoms with E-state index in [1.165, 1.54) is 0 Å². The maximum Gasteiger partial charge on any atom is 0.233 e. The molecule has 0 aliphatic rings. The van der Waals surface area contributed by atoms with Gasteiger partial charge in [0.25, 0.3) is 0 Å². The molecule has 4 aromatic carbocycles. The molecule has 2 nitrogen and oxygen atoms in total. The van der Waals surface area contributed by atoms with Crippen LogP contribution in [0.3, 0.4) is 0 Å². The van der Waals surface area contributed by atoms with E-state index in [0.717, 1.165) is 20.1 Å². The fourth-order valence-corrected chi connectivity index (χ4v) is 3.18. The highest BCUT2D eigenvalue weighted by atomic mass is 128. The van der Waals surface area contributed by atoms with Crippen molar-refractivity contribution < 1.29 is 9.59 Å². The first kappa shape index (κ1) is 28.4. The smallest absolute Gasteiger partial charge is 0.233 e. The molecular formula is C28H18Br2I2O2. The minimum Gasteiger partial charge on any atom is -0.285 e. The maximum absolute atomic E-state index is 11.9. The van der Waals surface area contributed by atoms with Gasteiger partial charge in [0.1, 0.15) is 0 Å². The Bertz CT molecular complexity index is 1250. The lowest BCUT2D eigenvalue weighted by Gasteiger charge is -2.00. The predicted molar refractivity (Wildman–Crippen MR) is 164 cm³/mol. The van der Waals surface area contributed by atoms with Crippen LogP contribution in [0.25, 0.3) is 0 Å². The third kappa shape index (κ3) is 9.82. The number of carbonyl (C=O) groups is 2. The Kier molecular flexibility index (Phi) is 13.4. The van der Waals surface area contributed by atoms with Crippen LogP contribution in [-0.4, -0.2) is 11.6 Å². The third-order valence-electron chi connectivity index (χ3n) is 4.32. The van der Waals surface area contributed by atoms with E-state index >= 15 is 0 Å². The van der Waals surface area contributed by atoms with Gasteiger partial charge in [0.15, 0.2) is 0 Å². The van der Waals surface area contributed by atoms with Gasteiger partial charge in [-0.25, -0.2) is 0 Å². The van der Waals surface area contributed by atoms with Gasteiger partial charge >= 0.3 is 0 Å². The molecule has 0 heterocycles. The van der Waals surface area contributed by atoms with Crippen LogP contribution in [0, 0.1) is 11.8 Å². The highest BCUT2D eigenvalue weighted by molar-refractivity contribution is 15.0. The number of carbonyl (C=O) groups excluding carboxylic acids is 2. The van der Waals surface area contributed by atoms with Crippen molar-refractivity contribution >= 4 is 80.7 Å². The summed E-state index contributed by atoms with van der Waals surface area (Å²) in [5, 5.41) is 0. The van der Waals surface area contributed by atoms with Crippen LogP contribution in [0.1, 0.15) is 31.8 Å². The van der Waals surface area contributed by atoms with E-state index in [4.69, 9.17) is 0 Å². The van der Waals surface area contributed by atoms with Crippen LogP contribution in [0.4, 0.5) is 0 Å². The Hall–Kier alpha value is -1.80. The molecule has 6 heteroatoms. The van der Waals surface area contributed by atoms with Crippen molar-refractivity contribution in [2.75, 3.05) is 0 Å². The molecule has 34 heavy (non-hydrogen) atoms. The molecule has 4 aromatic rings. The van der Waals surface area contributed by atoms with E-state index in [1.807, 2.05) is 54.6 Å². The van der Waals surface area contributed by atoms with Gasteiger partial charge in [0.05, 0.1) is 0 Å². The lowest BCUT2D eigenvalue weighted by Crippen LogP contribution is -2.14. The van der Waals surface area contributed by atoms with E-state index in [-0.39, 0.29) is 0 Å². The van der Waals surface area contributed by atoms with Gasteiger partial charge < -0.3 is 0 Å². The fourth-order valence-electron chi connectivity index (χ4n) is 2.65. The van der Waals surface area contributed by atoms with Crippen LogP contribution in [-0.2, 0) is 0 Å². The molecule has 0 aliphatic heterocycles. The number of halogens is 4. The van der Waals surface area contributed by atoms with Gasteiger partial charge in [0.2, 0.25) is 11.6 Å². The summed E-state index contributed by atoms with van der Waals surface area (Å²) in [6.07, 6.45) is 0. The second kappa shape index (κ2) is 16.0. The van der Waals surface area contributed by atoms with Gasteiger partial charge in [-0.2, -0.15) is 0 Å². The van der Waals surface area contributed by atoms with Crippen LogP contribution in [0.5, 0.6) is 0 Å². The molecule has 0 spiro atoms. The van der Waals surface area contributed by atoms with Crippen molar-refractivity contribution in [2.45, 2.75) is 0 Å². The quantitative estimate of drug-likeness (QED) is 0.0898. The first-order valence-electron chi connectivity index (χ1n) is 9.89. The van der Waals surface area contributed by atoms with Crippen molar-refractivity contribution in [2.24, 2.45) is 0 Å². The summed E-state index contributed by atoms with van der Waals surface area (Å²) in [6, 6.07) is 33.3. The minimum atomic E-state index is -0.483. The minimum absolute atomic E-state index is 0.405. The number of hydrogen-bond donors (Lipinski definition) is 0. The number of ketones is 2. The molecule has 4 rings (SSSR count). The van der Waals surface area contributed by atoms with Crippen molar-refractivity contribution in [3.8, 4) is 11.8 Å². The lowest BCUT2D eigenvalue weighted by atomic mass is 10.0. The second-order valence-corrected chi connectivity index (χ2v) is 8.49. The molecule has 170 valence electrons. The summed E-state index contributed by atoms with van der Waals surface area (Å²) >= 11 is 10.9. The average Bonchev–Trinajstić information content (AvgIpc) is 2.90. The first-order valence-corrected chi connectivity index (χ1v) is 17.8. The van der Waals surface area contributed by atoms with E-state index in [1.54, 1.807) is 54.6 Å². The summed E-state index contributed by atoms with van der Waals surface area (Å²) in [4.78, 5) is 23.8. The Morgan fingerprint density at radius 1 is 0.500 bits per heavy atom. The zero-order valence-electron chi connectivity index (χ0n) is 17.7. The molecule has 0 N–H and O–H groups in total. The van der Waals surface area contributed by atoms with Crippen molar-refractivity contribution in [3.63, 3.8) is 0 Å². The van der Waals surface area contributed by atoms with Gasteiger partial charge in [0, 0.05) is 68.4 Å². The van der Waals surface area contributed by atoms with E-state index in [9.17, 15) is 9.59 Å². The standard InChI is InChI=1S/C14H9BrO2.C14H9Br.I2/c15-12-8-6-11(7-9-12)14(17)13(16)10-4-2-1-3-5-10;15-14-10-8-13(9-11-14)7-6-12-4-2-1-3-5-12;1-2/h1-9H;1-5,8-11H;. The topological polar surface area (TPSA) is 34.1 Å². The van der Waals surface area contributed by atoms with Crippen molar-refractivity contribution in [1.29, 1.82) is 0 Å². The molecule has 0 amide bonds. The maximum atomic E-state index is 11.9. The molecule has 0 atom stereocenters. The van der Waals surface area contributed by atoms with Gasteiger partial charge in [-0.3, -0.25) is 9.59 Å². The Balaban J connectivity index is 0.000000225. The monoisotopic (exact) mass is 798 g/mol. The van der Waals surface area contributed by atoms with Crippen LogP contribution >= 0.6 is 69.1 Å². The normalized spacial score (nSPS) is 9.18. The Labute approximate surface area is 240 Å². The highest BCUT2D eigenvalue weighted by Gasteiger charge is 2.17. The molecule has 0 unspecified atom stereocenters. The SMILES string of the molecule is Brc1ccc(C#Cc2ccccc2)cc1.II.O=C(C(=O)c1ccc(Br)cc1)c1ccccc1. The van der Waals surface area contributed by atoms with E-state index in [0.29, 0.717) is 11.1 Å². The summed E-state index contributed by atoms with van der Waals surface area (Å²) in [7, 11) is 0. The third-order valence-corrected chi connectivity index (χ3v) is 5.38. The molecular weight excluding hydrogens is 782 g/mol. The predicted octanol–water partition coefficient (Wildman–Crippen LogP) is 9.13. The molecule has 0 bridgehead atoms. The fraction of sp³-hybridized carbons (Fsp3) is 0. The largest absolute Gasteiger partial charge is 0.285 e. The lowest BCUT2D eigenvalue weighted by molar-refractivity contribution is 0.0817. The summed E-state index contributed by atoms with van der Waals surface area (Å²) in [5.74, 6) is 5.27.